The van der Waals surface area contributed by atoms with Crippen molar-refractivity contribution in [1.82, 2.24) is 0 Å². The van der Waals surface area contributed by atoms with E-state index in [1.807, 2.05) is 18.2 Å². The van der Waals surface area contributed by atoms with Gasteiger partial charge in [0.1, 0.15) is 5.75 Å². The highest BCUT2D eigenvalue weighted by Crippen LogP contribution is 2.31. The first-order valence-corrected chi connectivity index (χ1v) is 7.91. The molecule has 0 spiro atoms. The van der Waals surface area contributed by atoms with Gasteiger partial charge in [-0.2, -0.15) is 0 Å². The molecule has 1 aliphatic carbocycles. The van der Waals surface area contributed by atoms with Crippen LogP contribution in [0.4, 0.5) is 5.69 Å². The summed E-state index contributed by atoms with van der Waals surface area (Å²) >= 11 is 0. The van der Waals surface area contributed by atoms with Crippen LogP contribution in [0, 0.1) is 11.8 Å². The molecule has 0 aromatic heterocycles. The predicted molar refractivity (Wildman–Crippen MR) is 83.3 cm³/mol. The minimum atomic E-state index is 0.320. The zero-order chi connectivity index (χ0) is 14.2. The number of rotatable bonds is 7. The van der Waals surface area contributed by atoms with Crippen LogP contribution in [0.1, 0.15) is 39.0 Å². The summed E-state index contributed by atoms with van der Waals surface area (Å²) in [6.07, 6.45) is 5.95. The zero-order valence-electron chi connectivity index (χ0n) is 12.5. The fourth-order valence-corrected chi connectivity index (χ4v) is 2.99. The second kappa shape index (κ2) is 8.15. The fraction of sp³-hybridized carbons (Fsp3) is 0.647. The average Bonchev–Trinajstić information content (AvgIpc) is 2.52. The van der Waals surface area contributed by atoms with Crippen molar-refractivity contribution in [2.75, 3.05) is 25.1 Å². The highest BCUT2D eigenvalue weighted by atomic mass is 16.5. The van der Waals surface area contributed by atoms with E-state index in [0.717, 1.165) is 37.4 Å². The van der Waals surface area contributed by atoms with Gasteiger partial charge < -0.3 is 15.2 Å². The maximum atomic E-state index is 9.48. The first-order chi connectivity index (χ1) is 9.85. The minimum absolute atomic E-state index is 0.320. The molecule has 112 valence electrons. The molecule has 1 aromatic rings. The molecule has 0 aliphatic heterocycles. The Hall–Kier alpha value is -1.22. The molecule has 1 saturated carbocycles. The third-order valence-electron chi connectivity index (χ3n) is 4.20. The molecule has 3 nitrogen and oxygen atoms in total. The second-order valence-corrected chi connectivity index (χ2v) is 5.71. The summed E-state index contributed by atoms with van der Waals surface area (Å²) in [7, 11) is 0. The number of aliphatic hydroxyl groups excluding tert-OH is 1. The lowest BCUT2D eigenvalue weighted by atomic mass is 9.79. The Bertz CT molecular complexity index is 394. The van der Waals surface area contributed by atoms with Crippen LogP contribution in [-0.2, 0) is 0 Å². The van der Waals surface area contributed by atoms with Crippen LogP contribution in [-0.4, -0.2) is 24.9 Å². The molecular formula is C17H27NO2. The first-order valence-electron chi connectivity index (χ1n) is 7.91. The monoisotopic (exact) mass is 277 g/mol. The summed E-state index contributed by atoms with van der Waals surface area (Å²) < 4.78 is 5.77. The summed E-state index contributed by atoms with van der Waals surface area (Å²) in [6.45, 7) is 4.11. The summed E-state index contributed by atoms with van der Waals surface area (Å²) in [6, 6.07) is 8.13. The van der Waals surface area contributed by atoms with Gasteiger partial charge >= 0.3 is 0 Å². The lowest BCUT2D eigenvalue weighted by Gasteiger charge is -2.30. The molecule has 0 saturated heterocycles. The van der Waals surface area contributed by atoms with Crippen molar-refractivity contribution in [2.24, 2.45) is 11.8 Å². The van der Waals surface area contributed by atoms with Crippen molar-refractivity contribution in [3.63, 3.8) is 0 Å². The third kappa shape index (κ3) is 4.14. The molecule has 3 heteroatoms. The van der Waals surface area contributed by atoms with Gasteiger partial charge in [-0.25, -0.2) is 0 Å². The zero-order valence-corrected chi connectivity index (χ0v) is 12.5. The van der Waals surface area contributed by atoms with E-state index >= 15 is 0 Å². The number of benzene rings is 1. The van der Waals surface area contributed by atoms with Gasteiger partial charge in [0.25, 0.3) is 0 Å². The summed E-state index contributed by atoms with van der Waals surface area (Å²) in [5, 5.41) is 13.0. The Morgan fingerprint density at radius 2 is 1.95 bits per heavy atom. The van der Waals surface area contributed by atoms with Gasteiger partial charge in [0, 0.05) is 13.2 Å². The van der Waals surface area contributed by atoms with Crippen molar-refractivity contribution in [1.29, 1.82) is 0 Å². The van der Waals surface area contributed by atoms with Crippen molar-refractivity contribution < 1.29 is 9.84 Å². The molecule has 2 rings (SSSR count). The highest BCUT2D eigenvalue weighted by molar-refractivity contribution is 5.56. The molecule has 0 heterocycles. The van der Waals surface area contributed by atoms with Crippen LogP contribution in [0.3, 0.4) is 0 Å². The van der Waals surface area contributed by atoms with Crippen LogP contribution < -0.4 is 10.1 Å². The first kappa shape index (κ1) is 15.2. The van der Waals surface area contributed by atoms with E-state index in [1.165, 1.54) is 19.3 Å². The molecule has 2 atom stereocenters. The van der Waals surface area contributed by atoms with Crippen LogP contribution in [0.15, 0.2) is 24.3 Å². The highest BCUT2D eigenvalue weighted by Gasteiger charge is 2.24. The third-order valence-corrected chi connectivity index (χ3v) is 4.20. The number of ether oxygens (including phenoxy) is 1. The lowest BCUT2D eigenvalue weighted by Crippen LogP contribution is -2.28. The van der Waals surface area contributed by atoms with Gasteiger partial charge in [-0.1, -0.05) is 31.9 Å². The van der Waals surface area contributed by atoms with E-state index in [0.29, 0.717) is 18.4 Å². The van der Waals surface area contributed by atoms with E-state index in [1.54, 1.807) is 0 Å². The Morgan fingerprint density at radius 1 is 1.20 bits per heavy atom. The van der Waals surface area contributed by atoms with Crippen molar-refractivity contribution >= 4 is 5.69 Å². The molecule has 0 bridgehead atoms. The topological polar surface area (TPSA) is 41.5 Å². The molecule has 1 aromatic carbocycles. The number of hydrogen-bond acceptors (Lipinski definition) is 3. The summed E-state index contributed by atoms with van der Waals surface area (Å²) in [5.74, 6) is 1.97. The smallest absolute Gasteiger partial charge is 0.142 e. The van der Waals surface area contributed by atoms with Gasteiger partial charge in [0.15, 0.2) is 0 Å². The Balaban J connectivity index is 1.92. The van der Waals surface area contributed by atoms with E-state index < -0.39 is 0 Å². The number of anilines is 1. The maximum absolute atomic E-state index is 9.48. The van der Waals surface area contributed by atoms with Gasteiger partial charge in [-0.05, 0) is 43.2 Å². The molecule has 2 unspecified atom stereocenters. The number of nitrogens with one attached hydrogen (secondary N) is 1. The number of para-hydroxylation sites is 2. The molecule has 1 aliphatic rings. The number of aliphatic hydroxyl groups is 1. The molecule has 0 amide bonds. The molecular weight excluding hydrogens is 250 g/mol. The molecule has 20 heavy (non-hydrogen) atoms. The standard InChI is InChI=1S/C17H27NO2/c1-2-11-20-17-10-6-5-9-16(17)18-12-14-7-3-4-8-15(14)13-19/h5-6,9-10,14-15,18-19H,2-4,7-8,11-13H2,1H3. The van der Waals surface area contributed by atoms with Crippen LogP contribution >= 0.6 is 0 Å². The van der Waals surface area contributed by atoms with Crippen LogP contribution in [0.25, 0.3) is 0 Å². The Kier molecular flexibility index (Phi) is 6.19. The number of hydrogen-bond donors (Lipinski definition) is 2. The Morgan fingerprint density at radius 3 is 2.70 bits per heavy atom. The second-order valence-electron chi connectivity index (χ2n) is 5.71. The Labute approximate surface area is 122 Å². The molecule has 0 radical (unpaired) electrons. The van der Waals surface area contributed by atoms with Gasteiger partial charge in [0.2, 0.25) is 0 Å². The SMILES string of the molecule is CCCOc1ccccc1NCC1CCCCC1CO. The largest absolute Gasteiger partial charge is 0.491 e. The summed E-state index contributed by atoms with van der Waals surface area (Å²) in [4.78, 5) is 0. The van der Waals surface area contributed by atoms with Gasteiger partial charge in [-0.15, -0.1) is 0 Å². The quantitative estimate of drug-likeness (QED) is 0.798. The van der Waals surface area contributed by atoms with Crippen LogP contribution in [0.2, 0.25) is 0 Å². The van der Waals surface area contributed by atoms with Crippen molar-refractivity contribution in [3.05, 3.63) is 24.3 Å². The lowest BCUT2D eigenvalue weighted by molar-refractivity contribution is 0.141. The minimum Gasteiger partial charge on any atom is -0.491 e. The van der Waals surface area contributed by atoms with Crippen molar-refractivity contribution in [3.8, 4) is 5.75 Å². The van der Waals surface area contributed by atoms with Crippen LogP contribution in [0.5, 0.6) is 5.75 Å². The normalized spacial score (nSPS) is 22.5. The molecule has 2 N–H and O–H groups in total. The van der Waals surface area contributed by atoms with E-state index in [2.05, 4.69) is 18.3 Å². The van der Waals surface area contributed by atoms with E-state index in [-0.39, 0.29) is 0 Å². The maximum Gasteiger partial charge on any atom is 0.142 e. The fourth-order valence-electron chi connectivity index (χ4n) is 2.99. The van der Waals surface area contributed by atoms with Gasteiger partial charge in [0.05, 0.1) is 12.3 Å². The van der Waals surface area contributed by atoms with E-state index in [4.69, 9.17) is 4.74 Å². The molecule has 1 fully saturated rings. The van der Waals surface area contributed by atoms with E-state index in [9.17, 15) is 5.11 Å². The van der Waals surface area contributed by atoms with Gasteiger partial charge in [-0.3, -0.25) is 0 Å². The average molecular weight is 277 g/mol. The predicted octanol–water partition coefficient (Wildman–Crippen LogP) is 3.69. The summed E-state index contributed by atoms with van der Waals surface area (Å²) in [5.41, 5.74) is 1.07. The van der Waals surface area contributed by atoms with Crippen molar-refractivity contribution in [2.45, 2.75) is 39.0 Å².